The first-order valence-corrected chi connectivity index (χ1v) is 8.70. The number of amides is 1. The van der Waals surface area contributed by atoms with Crippen LogP contribution in [0.4, 0.5) is 0 Å². The summed E-state index contributed by atoms with van der Waals surface area (Å²) in [5.41, 5.74) is 5.31. The number of nitrogens with one attached hydrogen (secondary N) is 1. The van der Waals surface area contributed by atoms with Crippen molar-refractivity contribution in [3.8, 4) is 0 Å². The molecule has 116 valence electrons. The van der Waals surface area contributed by atoms with Gasteiger partial charge in [-0.05, 0) is 31.9 Å². The van der Waals surface area contributed by atoms with E-state index >= 15 is 0 Å². The van der Waals surface area contributed by atoms with E-state index < -0.39 is 0 Å². The summed E-state index contributed by atoms with van der Waals surface area (Å²) in [6, 6.07) is 0. The van der Waals surface area contributed by atoms with Gasteiger partial charge >= 0.3 is 0 Å². The molecule has 20 heavy (non-hydrogen) atoms. The zero-order chi connectivity index (χ0) is 15.0. The first-order valence-electron chi connectivity index (χ1n) is 7.41. The standard InChI is InChI=1S/C14H28N4OS/c1-4-16-14(17-9-11(2)20-3)18-7-5-6-12(10-18)8-13(15)19/h11-12H,4-10H2,1-3H3,(H2,15,19)(H,16,17). The third-order valence-electron chi connectivity index (χ3n) is 3.54. The maximum absolute atomic E-state index is 11.1. The lowest BCUT2D eigenvalue weighted by molar-refractivity contribution is -0.119. The van der Waals surface area contributed by atoms with Gasteiger partial charge in [0.25, 0.3) is 0 Å². The largest absolute Gasteiger partial charge is 0.370 e. The molecule has 5 nitrogen and oxygen atoms in total. The number of rotatable bonds is 6. The Bertz CT molecular complexity index is 335. The molecule has 0 radical (unpaired) electrons. The number of nitrogens with two attached hydrogens (primary N) is 1. The third-order valence-corrected chi connectivity index (χ3v) is 4.50. The van der Waals surface area contributed by atoms with Crippen LogP contribution in [0.2, 0.25) is 0 Å². The van der Waals surface area contributed by atoms with Crippen molar-refractivity contribution in [2.45, 2.75) is 38.4 Å². The molecule has 0 saturated carbocycles. The first-order chi connectivity index (χ1) is 9.56. The Morgan fingerprint density at radius 1 is 1.60 bits per heavy atom. The van der Waals surface area contributed by atoms with E-state index in [2.05, 4.69) is 30.3 Å². The molecule has 2 atom stereocenters. The number of aliphatic imine (C=N–C) groups is 1. The van der Waals surface area contributed by atoms with Gasteiger partial charge in [-0.3, -0.25) is 9.79 Å². The number of primary amides is 1. The highest BCUT2D eigenvalue weighted by Crippen LogP contribution is 2.19. The van der Waals surface area contributed by atoms with Gasteiger partial charge in [0.1, 0.15) is 0 Å². The van der Waals surface area contributed by atoms with Crippen LogP contribution < -0.4 is 11.1 Å². The fourth-order valence-corrected chi connectivity index (χ4v) is 2.65. The molecule has 1 aliphatic rings. The van der Waals surface area contributed by atoms with E-state index in [0.717, 1.165) is 45.0 Å². The number of carbonyl (C=O) groups is 1. The SMILES string of the molecule is CCNC(=NCC(C)SC)N1CCCC(CC(N)=O)C1. The van der Waals surface area contributed by atoms with Crippen LogP contribution in [0.3, 0.4) is 0 Å². The van der Waals surface area contributed by atoms with Gasteiger partial charge in [-0.2, -0.15) is 11.8 Å². The number of likely N-dealkylation sites (tertiary alicyclic amines) is 1. The molecule has 2 unspecified atom stereocenters. The molecular weight excluding hydrogens is 272 g/mol. The first kappa shape index (κ1) is 17.1. The predicted octanol–water partition coefficient (Wildman–Crippen LogP) is 1.29. The molecule has 0 spiro atoms. The summed E-state index contributed by atoms with van der Waals surface area (Å²) in [5.74, 6) is 1.14. The highest BCUT2D eigenvalue weighted by atomic mass is 32.2. The zero-order valence-corrected chi connectivity index (χ0v) is 13.7. The molecule has 3 N–H and O–H groups in total. The fourth-order valence-electron chi connectivity index (χ4n) is 2.42. The summed E-state index contributed by atoms with van der Waals surface area (Å²) in [6.45, 7) is 7.84. The van der Waals surface area contributed by atoms with Crippen LogP contribution in [0.25, 0.3) is 0 Å². The highest BCUT2D eigenvalue weighted by Gasteiger charge is 2.23. The normalized spacial score (nSPS) is 21.6. The van der Waals surface area contributed by atoms with Crippen LogP contribution in [0.5, 0.6) is 0 Å². The Labute approximate surface area is 126 Å². The summed E-state index contributed by atoms with van der Waals surface area (Å²) in [6.07, 6.45) is 4.77. The smallest absolute Gasteiger partial charge is 0.217 e. The van der Waals surface area contributed by atoms with Crippen LogP contribution in [-0.4, -0.2) is 54.5 Å². The summed E-state index contributed by atoms with van der Waals surface area (Å²) in [7, 11) is 0. The Morgan fingerprint density at radius 2 is 2.35 bits per heavy atom. The van der Waals surface area contributed by atoms with E-state index in [1.54, 1.807) is 0 Å². The maximum atomic E-state index is 11.1. The second-order valence-electron chi connectivity index (χ2n) is 5.37. The third kappa shape index (κ3) is 6.03. The van der Waals surface area contributed by atoms with E-state index in [4.69, 9.17) is 10.7 Å². The summed E-state index contributed by atoms with van der Waals surface area (Å²) >= 11 is 1.83. The lowest BCUT2D eigenvalue weighted by atomic mass is 9.95. The van der Waals surface area contributed by atoms with Gasteiger partial charge in [0.05, 0.1) is 6.54 Å². The maximum Gasteiger partial charge on any atom is 0.217 e. The molecule has 1 saturated heterocycles. The molecular formula is C14H28N4OS. The summed E-state index contributed by atoms with van der Waals surface area (Å²) in [5, 5.41) is 3.88. The van der Waals surface area contributed by atoms with Crippen molar-refractivity contribution in [2.75, 3.05) is 32.4 Å². The number of hydrogen-bond donors (Lipinski definition) is 2. The van der Waals surface area contributed by atoms with Crippen LogP contribution in [0.1, 0.15) is 33.1 Å². The lowest BCUT2D eigenvalue weighted by Crippen LogP contribution is -2.47. The monoisotopic (exact) mass is 300 g/mol. The average Bonchev–Trinajstić information content (AvgIpc) is 2.42. The second kappa shape index (κ2) is 9.10. The number of hydrogen-bond acceptors (Lipinski definition) is 3. The number of guanidine groups is 1. The average molecular weight is 300 g/mol. The summed E-state index contributed by atoms with van der Waals surface area (Å²) in [4.78, 5) is 18.1. The molecule has 0 aromatic rings. The van der Waals surface area contributed by atoms with Crippen LogP contribution >= 0.6 is 11.8 Å². The van der Waals surface area contributed by atoms with Gasteiger partial charge in [0, 0.05) is 31.3 Å². The minimum Gasteiger partial charge on any atom is -0.370 e. The molecule has 0 aliphatic carbocycles. The molecule has 1 aliphatic heterocycles. The fraction of sp³-hybridized carbons (Fsp3) is 0.857. The summed E-state index contributed by atoms with van der Waals surface area (Å²) < 4.78 is 0. The molecule has 6 heteroatoms. The molecule has 0 aromatic heterocycles. The van der Waals surface area contributed by atoms with Crippen molar-refractivity contribution in [3.63, 3.8) is 0 Å². The number of piperidine rings is 1. The van der Waals surface area contributed by atoms with Gasteiger partial charge < -0.3 is 16.0 Å². The van der Waals surface area contributed by atoms with Crippen molar-refractivity contribution in [3.05, 3.63) is 0 Å². The number of carbonyl (C=O) groups excluding carboxylic acids is 1. The number of thioether (sulfide) groups is 1. The van der Waals surface area contributed by atoms with E-state index in [-0.39, 0.29) is 5.91 Å². The molecule has 1 rings (SSSR count). The molecule has 0 bridgehead atoms. The van der Waals surface area contributed by atoms with Crippen molar-refractivity contribution >= 4 is 23.6 Å². The molecule has 1 amide bonds. The Hall–Kier alpha value is -0.910. The van der Waals surface area contributed by atoms with E-state index in [1.807, 2.05) is 11.8 Å². The molecule has 0 aromatic carbocycles. The van der Waals surface area contributed by atoms with Gasteiger partial charge in [-0.15, -0.1) is 0 Å². The van der Waals surface area contributed by atoms with Crippen molar-refractivity contribution in [1.29, 1.82) is 0 Å². The van der Waals surface area contributed by atoms with Crippen molar-refractivity contribution in [2.24, 2.45) is 16.6 Å². The molecule has 1 heterocycles. The van der Waals surface area contributed by atoms with Crippen molar-refractivity contribution < 1.29 is 4.79 Å². The van der Waals surface area contributed by atoms with E-state index in [9.17, 15) is 4.79 Å². The second-order valence-corrected chi connectivity index (χ2v) is 6.64. The van der Waals surface area contributed by atoms with Gasteiger partial charge in [0.2, 0.25) is 5.91 Å². The van der Waals surface area contributed by atoms with E-state index in [1.165, 1.54) is 0 Å². The predicted molar refractivity (Wildman–Crippen MR) is 87.1 cm³/mol. The Kier molecular flexibility index (Phi) is 7.80. The lowest BCUT2D eigenvalue weighted by Gasteiger charge is -2.34. The van der Waals surface area contributed by atoms with Gasteiger partial charge in [-0.25, -0.2) is 0 Å². The topological polar surface area (TPSA) is 70.7 Å². The Balaban J connectivity index is 2.62. The van der Waals surface area contributed by atoms with Crippen molar-refractivity contribution in [1.82, 2.24) is 10.2 Å². The Morgan fingerprint density at radius 3 is 2.95 bits per heavy atom. The van der Waals surface area contributed by atoms with Crippen LogP contribution in [0, 0.1) is 5.92 Å². The minimum absolute atomic E-state index is 0.199. The number of nitrogens with zero attached hydrogens (tertiary/aromatic N) is 2. The highest BCUT2D eigenvalue weighted by molar-refractivity contribution is 7.99. The van der Waals surface area contributed by atoms with Crippen LogP contribution in [0.15, 0.2) is 4.99 Å². The zero-order valence-electron chi connectivity index (χ0n) is 12.9. The van der Waals surface area contributed by atoms with E-state index in [0.29, 0.717) is 17.6 Å². The van der Waals surface area contributed by atoms with Gasteiger partial charge in [0.15, 0.2) is 5.96 Å². The van der Waals surface area contributed by atoms with Gasteiger partial charge in [-0.1, -0.05) is 6.92 Å². The van der Waals surface area contributed by atoms with Crippen LogP contribution in [-0.2, 0) is 4.79 Å². The molecule has 1 fully saturated rings. The minimum atomic E-state index is -0.199. The quantitative estimate of drug-likeness (QED) is 0.573.